The number of carbonyl (C=O) groups excluding carboxylic acids is 1. The van der Waals surface area contributed by atoms with Crippen LogP contribution in [0.5, 0.6) is 0 Å². The molecule has 1 saturated carbocycles. The van der Waals surface area contributed by atoms with E-state index in [9.17, 15) is 4.79 Å². The molecule has 2 unspecified atom stereocenters. The van der Waals surface area contributed by atoms with Gasteiger partial charge < -0.3 is 5.32 Å². The Morgan fingerprint density at radius 1 is 1.41 bits per heavy atom. The molecule has 0 saturated heterocycles. The maximum Gasteiger partial charge on any atom is 0.271 e. The fourth-order valence-electron chi connectivity index (χ4n) is 2.17. The highest BCUT2D eigenvalue weighted by Crippen LogP contribution is 2.25. The first-order valence-electron chi connectivity index (χ1n) is 5.69. The van der Waals surface area contributed by atoms with Gasteiger partial charge in [0.05, 0.1) is 5.02 Å². The molecule has 1 aliphatic carbocycles. The van der Waals surface area contributed by atoms with E-state index in [4.69, 9.17) is 23.2 Å². The average molecular weight is 273 g/mol. The van der Waals surface area contributed by atoms with Crippen molar-refractivity contribution in [1.82, 2.24) is 10.3 Å². The van der Waals surface area contributed by atoms with E-state index >= 15 is 0 Å². The van der Waals surface area contributed by atoms with Gasteiger partial charge in [0.25, 0.3) is 5.91 Å². The predicted octanol–water partition coefficient (Wildman–Crippen LogP) is 3.31. The van der Waals surface area contributed by atoms with Crippen LogP contribution in [0.1, 0.15) is 36.7 Å². The first-order chi connectivity index (χ1) is 8.06. The van der Waals surface area contributed by atoms with Gasteiger partial charge in [-0.25, -0.2) is 4.98 Å². The van der Waals surface area contributed by atoms with Crippen LogP contribution in [0.4, 0.5) is 0 Å². The molecule has 1 heterocycles. The number of aromatic nitrogens is 1. The summed E-state index contributed by atoms with van der Waals surface area (Å²) in [5.74, 6) is 0.430. The lowest BCUT2D eigenvalue weighted by atomic mass is 10.1. The van der Waals surface area contributed by atoms with E-state index in [1.807, 2.05) is 0 Å². The minimum atomic E-state index is -0.239. The number of pyridine rings is 1. The van der Waals surface area contributed by atoms with Crippen LogP contribution in [0.3, 0.4) is 0 Å². The first-order valence-corrected chi connectivity index (χ1v) is 6.44. The summed E-state index contributed by atoms with van der Waals surface area (Å²) in [5, 5.41) is 3.56. The molecular weight excluding hydrogens is 259 g/mol. The van der Waals surface area contributed by atoms with Gasteiger partial charge in [0.2, 0.25) is 0 Å². The van der Waals surface area contributed by atoms with Gasteiger partial charge >= 0.3 is 0 Å². The fourth-order valence-corrected chi connectivity index (χ4v) is 2.51. The van der Waals surface area contributed by atoms with Gasteiger partial charge in [0.15, 0.2) is 0 Å². The van der Waals surface area contributed by atoms with Gasteiger partial charge in [-0.15, -0.1) is 0 Å². The number of nitrogens with one attached hydrogen (secondary N) is 1. The van der Waals surface area contributed by atoms with Crippen LogP contribution >= 0.6 is 23.2 Å². The van der Waals surface area contributed by atoms with Crippen molar-refractivity contribution >= 4 is 29.1 Å². The summed E-state index contributed by atoms with van der Waals surface area (Å²) < 4.78 is 0. The zero-order valence-electron chi connectivity index (χ0n) is 9.54. The van der Waals surface area contributed by atoms with Crippen molar-refractivity contribution in [3.8, 4) is 0 Å². The van der Waals surface area contributed by atoms with Crippen LogP contribution in [0.2, 0.25) is 10.2 Å². The van der Waals surface area contributed by atoms with Crippen molar-refractivity contribution in [3.63, 3.8) is 0 Å². The van der Waals surface area contributed by atoms with Crippen LogP contribution < -0.4 is 5.32 Å². The molecule has 0 bridgehead atoms. The highest BCUT2D eigenvalue weighted by molar-refractivity contribution is 6.34. The Morgan fingerprint density at radius 3 is 2.82 bits per heavy atom. The van der Waals surface area contributed by atoms with Crippen LogP contribution in [0.25, 0.3) is 0 Å². The van der Waals surface area contributed by atoms with Gasteiger partial charge in [-0.05, 0) is 37.3 Å². The molecule has 1 N–H and O–H groups in total. The van der Waals surface area contributed by atoms with Gasteiger partial charge in [-0.2, -0.15) is 0 Å². The van der Waals surface area contributed by atoms with E-state index in [1.54, 1.807) is 12.1 Å². The molecule has 92 valence electrons. The maximum absolute atomic E-state index is 12.0. The van der Waals surface area contributed by atoms with E-state index in [0.29, 0.717) is 10.9 Å². The SMILES string of the molecule is CC1CCC(NC(=O)c2nc(Cl)ccc2Cl)C1. The van der Waals surface area contributed by atoms with Crippen molar-refractivity contribution < 1.29 is 4.79 Å². The molecule has 5 heteroatoms. The Kier molecular flexibility index (Phi) is 3.89. The van der Waals surface area contributed by atoms with E-state index < -0.39 is 0 Å². The molecule has 1 amide bonds. The summed E-state index contributed by atoms with van der Waals surface area (Å²) >= 11 is 11.7. The molecule has 1 aliphatic rings. The number of nitrogens with zero attached hydrogens (tertiary/aromatic N) is 1. The van der Waals surface area contributed by atoms with E-state index in [2.05, 4.69) is 17.2 Å². The monoisotopic (exact) mass is 272 g/mol. The third kappa shape index (κ3) is 3.11. The van der Waals surface area contributed by atoms with Crippen molar-refractivity contribution in [3.05, 3.63) is 28.0 Å². The zero-order valence-corrected chi connectivity index (χ0v) is 11.1. The van der Waals surface area contributed by atoms with Crippen molar-refractivity contribution in [2.45, 2.75) is 32.2 Å². The van der Waals surface area contributed by atoms with Gasteiger partial charge in [-0.3, -0.25) is 4.79 Å². The van der Waals surface area contributed by atoms with E-state index in [-0.39, 0.29) is 22.8 Å². The van der Waals surface area contributed by atoms with Crippen LogP contribution in [-0.2, 0) is 0 Å². The summed E-state index contributed by atoms with van der Waals surface area (Å²) in [6, 6.07) is 3.39. The minimum absolute atomic E-state index is 0.207. The highest BCUT2D eigenvalue weighted by Gasteiger charge is 2.24. The molecule has 2 rings (SSSR count). The normalized spacial score (nSPS) is 23.7. The van der Waals surface area contributed by atoms with E-state index in [1.165, 1.54) is 0 Å². The predicted molar refractivity (Wildman–Crippen MR) is 68.5 cm³/mol. The second-order valence-corrected chi connectivity index (χ2v) is 5.35. The summed E-state index contributed by atoms with van der Waals surface area (Å²) in [4.78, 5) is 15.9. The Hall–Kier alpha value is -0.800. The molecule has 1 fully saturated rings. The van der Waals surface area contributed by atoms with Gasteiger partial charge in [0, 0.05) is 6.04 Å². The van der Waals surface area contributed by atoms with Crippen LogP contribution in [-0.4, -0.2) is 16.9 Å². The van der Waals surface area contributed by atoms with Crippen molar-refractivity contribution in [1.29, 1.82) is 0 Å². The molecule has 1 aromatic rings. The molecule has 0 aromatic carbocycles. The van der Waals surface area contributed by atoms with Gasteiger partial charge in [0.1, 0.15) is 10.8 Å². The minimum Gasteiger partial charge on any atom is -0.348 e. The molecule has 1 aromatic heterocycles. The Bertz CT molecular complexity index is 437. The standard InChI is InChI=1S/C12H14Cl2N2O/c1-7-2-3-8(6-7)15-12(17)11-9(13)4-5-10(14)16-11/h4-5,7-8H,2-3,6H2,1H3,(H,15,17). The topological polar surface area (TPSA) is 42.0 Å². The lowest BCUT2D eigenvalue weighted by Gasteiger charge is -2.12. The zero-order chi connectivity index (χ0) is 12.4. The van der Waals surface area contributed by atoms with Crippen molar-refractivity contribution in [2.24, 2.45) is 5.92 Å². The summed E-state index contributed by atoms with van der Waals surface area (Å²) in [5.41, 5.74) is 0.207. The third-order valence-electron chi connectivity index (χ3n) is 3.06. The highest BCUT2D eigenvalue weighted by atomic mass is 35.5. The summed E-state index contributed by atoms with van der Waals surface area (Å²) in [6.07, 6.45) is 3.19. The quantitative estimate of drug-likeness (QED) is 0.840. The summed E-state index contributed by atoms with van der Waals surface area (Å²) in [7, 11) is 0. The molecular formula is C12H14Cl2N2O. The Labute approximate surface area is 111 Å². The molecule has 0 spiro atoms. The summed E-state index contributed by atoms with van der Waals surface area (Å²) in [6.45, 7) is 2.19. The van der Waals surface area contributed by atoms with E-state index in [0.717, 1.165) is 19.3 Å². The lowest BCUT2D eigenvalue weighted by Crippen LogP contribution is -2.33. The number of hydrogen-bond donors (Lipinski definition) is 1. The largest absolute Gasteiger partial charge is 0.348 e. The molecule has 0 radical (unpaired) electrons. The smallest absolute Gasteiger partial charge is 0.271 e. The molecule has 0 aliphatic heterocycles. The number of carbonyl (C=O) groups is 1. The number of rotatable bonds is 2. The second kappa shape index (κ2) is 5.23. The number of amides is 1. The fraction of sp³-hybridized carbons (Fsp3) is 0.500. The second-order valence-electron chi connectivity index (χ2n) is 4.55. The molecule has 2 atom stereocenters. The Balaban J connectivity index is 2.06. The first kappa shape index (κ1) is 12.7. The number of hydrogen-bond acceptors (Lipinski definition) is 2. The van der Waals surface area contributed by atoms with Gasteiger partial charge in [-0.1, -0.05) is 30.1 Å². The number of halogens is 2. The average Bonchev–Trinajstić information content (AvgIpc) is 2.67. The Morgan fingerprint density at radius 2 is 2.18 bits per heavy atom. The van der Waals surface area contributed by atoms with Crippen molar-refractivity contribution in [2.75, 3.05) is 0 Å². The molecule has 17 heavy (non-hydrogen) atoms. The van der Waals surface area contributed by atoms with Crippen LogP contribution in [0.15, 0.2) is 12.1 Å². The lowest BCUT2D eigenvalue weighted by molar-refractivity contribution is 0.0932. The molecule has 3 nitrogen and oxygen atoms in total. The van der Waals surface area contributed by atoms with Crippen LogP contribution in [0, 0.1) is 5.92 Å². The third-order valence-corrected chi connectivity index (χ3v) is 3.57. The maximum atomic E-state index is 12.0.